The van der Waals surface area contributed by atoms with E-state index in [-0.39, 0.29) is 11.3 Å². The summed E-state index contributed by atoms with van der Waals surface area (Å²) in [5, 5.41) is 20.1. The van der Waals surface area contributed by atoms with Gasteiger partial charge in [0.05, 0.1) is 4.92 Å². The second kappa shape index (κ2) is 6.11. The molecule has 0 saturated carbocycles. The smallest absolute Gasteiger partial charge is 0.342 e. The van der Waals surface area contributed by atoms with Crippen molar-refractivity contribution in [2.24, 2.45) is 5.92 Å². The third kappa shape index (κ3) is 3.15. The zero-order valence-electron chi connectivity index (χ0n) is 12.3. The summed E-state index contributed by atoms with van der Waals surface area (Å²) >= 11 is 0. The van der Waals surface area contributed by atoms with Crippen LogP contribution >= 0.6 is 0 Å². The first-order chi connectivity index (χ1) is 9.93. The van der Waals surface area contributed by atoms with E-state index in [1.165, 1.54) is 12.1 Å². The summed E-state index contributed by atoms with van der Waals surface area (Å²) in [6.07, 6.45) is 3.09. The molecule has 1 N–H and O–H groups in total. The third-order valence-corrected chi connectivity index (χ3v) is 4.19. The molecule has 0 aliphatic carbocycles. The van der Waals surface area contributed by atoms with E-state index in [0.29, 0.717) is 12.0 Å². The van der Waals surface area contributed by atoms with Crippen LogP contribution in [0.4, 0.5) is 11.4 Å². The highest BCUT2D eigenvalue weighted by Gasteiger charge is 2.27. The Labute approximate surface area is 123 Å². The van der Waals surface area contributed by atoms with Crippen LogP contribution in [0.5, 0.6) is 0 Å². The third-order valence-electron chi connectivity index (χ3n) is 4.19. The van der Waals surface area contributed by atoms with Gasteiger partial charge in [-0.1, -0.05) is 13.8 Å². The molecule has 2 rings (SSSR count). The number of nitro benzene ring substituents is 1. The maximum atomic E-state index is 11.2. The molecule has 1 aromatic rings. The summed E-state index contributed by atoms with van der Waals surface area (Å²) in [7, 11) is 0. The molecule has 1 saturated heterocycles. The number of piperidine rings is 1. The maximum absolute atomic E-state index is 11.2. The first-order valence-corrected chi connectivity index (χ1v) is 7.22. The van der Waals surface area contributed by atoms with E-state index in [1.54, 1.807) is 6.07 Å². The van der Waals surface area contributed by atoms with Crippen molar-refractivity contribution in [1.29, 1.82) is 0 Å². The van der Waals surface area contributed by atoms with Crippen LogP contribution in [0.1, 0.15) is 43.5 Å². The van der Waals surface area contributed by atoms with Crippen LogP contribution in [0.3, 0.4) is 0 Å². The van der Waals surface area contributed by atoms with Gasteiger partial charge in [-0.15, -0.1) is 0 Å². The van der Waals surface area contributed by atoms with E-state index < -0.39 is 10.9 Å². The largest absolute Gasteiger partial charge is 0.477 e. The first-order valence-electron chi connectivity index (χ1n) is 7.22. The van der Waals surface area contributed by atoms with Gasteiger partial charge in [-0.25, -0.2) is 4.79 Å². The second-order valence-corrected chi connectivity index (χ2v) is 5.65. The molecule has 6 nitrogen and oxygen atoms in total. The number of hydrogen-bond donors (Lipinski definition) is 1. The summed E-state index contributed by atoms with van der Waals surface area (Å²) in [4.78, 5) is 23.7. The minimum absolute atomic E-state index is 0.244. The topological polar surface area (TPSA) is 83.7 Å². The van der Waals surface area contributed by atoms with Crippen LogP contribution in [0.15, 0.2) is 18.2 Å². The average Bonchev–Trinajstić information content (AvgIpc) is 2.46. The predicted octanol–water partition coefficient (Wildman–Crippen LogP) is 3.31. The molecule has 114 valence electrons. The van der Waals surface area contributed by atoms with Crippen LogP contribution in [-0.2, 0) is 0 Å². The van der Waals surface area contributed by atoms with Crippen molar-refractivity contribution in [2.75, 3.05) is 11.4 Å². The maximum Gasteiger partial charge on any atom is 0.342 e. The lowest BCUT2D eigenvalue weighted by molar-refractivity contribution is -0.385. The van der Waals surface area contributed by atoms with Crippen LogP contribution in [-0.4, -0.2) is 28.6 Å². The minimum Gasteiger partial charge on any atom is -0.477 e. The van der Waals surface area contributed by atoms with Gasteiger partial charge < -0.3 is 10.0 Å². The molecule has 0 spiro atoms. The molecule has 0 radical (unpaired) electrons. The minimum atomic E-state index is -1.26. The fourth-order valence-corrected chi connectivity index (χ4v) is 3.01. The van der Waals surface area contributed by atoms with Gasteiger partial charge in [-0.05, 0) is 37.3 Å². The predicted molar refractivity (Wildman–Crippen MR) is 79.9 cm³/mol. The number of carboxylic acids is 1. The summed E-state index contributed by atoms with van der Waals surface area (Å²) in [5.74, 6) is -0.606. The highest BCUT2D eigenvalue weighted by Crippen LogP contribution is 2.32. The summed E-state index contributed by atoms with van der Waals surface area (Å²) < 4.78 is 0. The lowest BCUT2D eigenvalue weighted by atomic mass is 9.90. The van der Waals surface area contributed by atoms with Gasteiger partial charge >= 0.3 is 5.97 Å². The van der Waals surface area contributed by atoms with Gasteiger partial charge in [0.1, 0.15) is 5.56 Å². The number of nitrogens with zero attached hydrogens (tertiary/aromatic N) is 2. The molecular weight excluding hydrogens is 272 g/mol. The van der Waals surface area contributed by atoms with Gasteiger partial charge in [0.2, 0.25) is 0 Å². The normalized spacial score (nSPS) is 22.1. The van der Waals surface area contributed by atoms with E-state index >= 15 is 0 Å². The molecule has 0 amide bonds. The number of anilines is 1. The molecular formula is C15H20N2O4. The highest BCUT2D eigenvalue weighted by molar-refractivity contribution is 5.93. The van der Waals surface area contributed by atoms with Crippen molar-refractivity contribution in [2.45, 2.75) is 39.2 Å². The molecule has 21 heavy (non-hydrogen) atoms. The quantitative estimate of drug-likeness (QED) is 0.680. The molecule has 1 aliphatic heterocycles. The molecule has 6 heteroatoms. The average molecular weight is 292 g/mol. The number of benzene rings is 1. The van der Waals surface area contributed by atoms with Crippen LogP contribution in [0, 0.1) is 16.0 Å². The lowest BCUT2D eigenvalue weighted by Gasteiger charge is -2.40. The van der Waals surface area contributed by atoms with Crippen LogP contribution in [0.2, 0.25) is 0 Å². The Kier molecular flexibility index (Phi) is 4.45. The number of rotatable bonds is 4. The number of carboxylic acid groups (broad SMARTS) is 1. The first kappa shape index (κ1) is 15.3. The van der Waals surface area contributed by atoms with Crippen molar-refractivity contribution in [3.63, 3.8) is 0 Å². The number of carbonyl (C=O) groups is 1. The van der Waals surface area contributed by atoms with Gasteiger partial charge in [0, 0.05) is 24.3 Å². The Hall–Kier alpha value is -2.11. The van der Waals surface area contributed by atoms with Crippen molar-refractivity contribution >= 4 is 17.3 Å². The Bertz CT molecular complexity index is 559. The van der Waals surface area contributed by atoms with E-state index in [0.717, 1.165) is 31.5 Å². The fraction of sp³-hybridized carbons (Fsp3) is 0.533. The van der Waals surface area contributed by atoms with Crippen LogP contribution in [0.25, 0.3) is 0 Å². The Morgan fingerprint density at radius 1 is 1.52 bits per heavy atom. The van der Waals surface area contributed by atoms with E-state index in [9.17, 15) is 20.0 Å². The van der Waals surface area contributed by atoms with Gasteiger partial charge in [0.15, 0.2) is 0 Å². The van der Waals surface area contributed by atoms with Gasteiger partial charge in [-0.3, -0.25) is 10.1 Å². The SMILES string of the molecule is CC[C@H]1C[C@@H](C)CCN1c1ccc([N+](=O)[O-])c(C(=O)O)c1. The van der Waals surface area contributed by atoms with E-state index in [2.05, 4.69) is 18.7 Å². The Morgan fingerprint density at radius 2 is 2.24 bits per heavy atom. The molecule has 0 bridgehead atoms. The molecule has 1 fully saturated rings. The van der Waals surface area contributed by atoms with Crippen molar-refractivity contribution < 1.29 is 14.8 Å². The fourth-order valence-electron chi connectivity index (χ4n) is 3.01. The lowest BCUT2D eigenvalue weighted by Crippen LogP contribution is -2.41. The summed E-state index contributed by atoms with van der Waals surface area (Å²) in [5.41, 5.74) is 0.160. The van der Waals surface area contributed by atoms with Crippen molar-refractivity contribution in [1.82, 2.24) is 0 Å². The Morgan fingerprint density at radius 3 is 2.81 bits per heavy atom. The summed E-state index contributed by atoms with van der Waals surface area (Å²) in [6.45, 7) is 5.19. The highest BCUT2D eigenvalue weighted by atomic mass is 16.6. The zero-order valence-corrected chi connectivity index (χ0v) is 12.3. The van der Waals surface area contributed by atoms with Crippen molar-refractivity contribution in [3.8, 4) is 0 Å². The number of aromatic carboxylic acids is 1. The van der Waals surface area contributed by atoms with E-state index in [4.69, 9.17) is 0 Å². The monoisotopic (exact) mass is 292 g/mol. The molecule has 1 aliphatic rings. The number of hydrogen-bond acceptors (Lipinski definition) is 4. The standard InChI is InChI=1S/C15H20N2O4/c1-3-11-8-10(2)6-7-16(11)12-4-5-14(17(20)21)13(9-12)15(18)19/h4-5,9-11H,3,6-8H2,1-2H3,(H,18,19)/t10-,11-/m0/s1. The van der Waals surface area contributed by atoms with E-state index in [1.807, 2.05) is 0 Å². The number of nitro groups is 1. The second-order valence-electron chi connectivity index (χ2n) is 5.65. The van der Waals surface area contributed by atoms with Crippen LogP contribution < -0.4 is 4.90 Å². The molecule has 0 unspecified atom stereocenters. The van der Waals surface area contributed by atoms with Gasteiger partial charge in [-0.2, -0.15) is 0 Å². The molecule has 2 atom stereocenters. The molecule has 0 aromatic heterocycles. The zero-order chi connectivity index (χ0) is 15.6. The van der Waals surface area contributed by atoms with Crippen molar-refractivity contribution in [3.05, 3.63) is 33.9 Å². The molecule has 1 aromatic carbocycles. The molecule has 1 heterocycles. The van der Waals surface area contributed by atoms with Gasteiger partial charge in [0.25, 0.3) is 5.69 Å². The summed E-state index contributed by atoms with van der Waals surface area (Å²) in [6, 6.07) is 4.74. The Balaban J connectivity index is 2.38.